The van der Waals surface area contributed by atoms with Crippen LogP contribution in [0.15, 0.2) is 76.9 Å². The van der Waals surface area contributed by atoms with E-state index < -0.39 is 0 Å². The van der Waals surface area contributed by atoms with Crippen LogP contribution in [0.2, 0.25) is 0 Å². The van der Waals surface area contributed by atoms with Crippen LogP contribution < -0.4 is 5.56 Å². The van der Waals surface area contributed by atoms with Crippen LogP contribution in [-0.2, 0) is 13.0 Å². The summed E-state index contributed by atoms with van der Waals surface area (Å²) in [5.74, 6) is 0. The van der Waals surface area contributed by atoms with E-state index in [1.165, 1.54) is 5.56 Å². The molecule has 4 heteroatoms. The van der Waals surface area contributed by atoms with Crippen molar-refractivity contribution in [1.82, 2.24) is 9.78 Å². The Morgan fingerprint density at radius 1 is 0.875 bits per heavy atom. The second kappa shape index (κ2) is 6.42. The summed E-state index contributed by atoms with van der Waals surface area (Å²) in [7, 11) is 0. The van der Waals surface area contributed by atoms with E-state index in [0.29, 0.717) is 6.54 Å². The van der Waals surface area contributed by atoms with Gasteiger partial charge < -0.3 is 0 Å². The molecule has 0 aliphatic carbocycles. The molecule has 0 amide bonds. The van der Waals surface area contributed by atoms with Gasteiger partial charge in [-0.3, -0.25) is 4.79 Å². The van der Waals surface area contributed by atoms with Crippen molar-refractivity contribution < 1.29 is 0 Å². The van der Waals surface area contributed by atoms with E-state index in [1.54, 1.807) is 16.0 Å². The largest absolute Gasteiger partial charge is 0.274 e. The van der Waals surface area contributed by atoms with Gasteiger partial charge in [0.15, 0.2) is 0 Å². The first-order valence-corrected chi connectivity index (χ1v) is 8.78. The van der Waals surface area contributed by atoms with Gasteiger partial charge in [-0.05, 0) is 29.5 Å². The summed E-state index contributed by atoms with van der Waals surface area (Å²) in [6, 6.07) is 22.0. The molecule has 0 N–H and O–H groups in total. The summed E-state index contributed by atoms with van der Waals surface area (Å²) in [5.41, 5.74) is 2.06. The van der Waals surface area contributed by atoms with Gasteiger partial charge in [0.2, 0.25) is 0 Å². The van der Waals surface area contributed by atoms with Crippen molar-refractivity contribution in [2.75, 3.05) is 0 Å². The molecular formula is C20H16N2OS. The number of hydrogen-bond donors (Lipinski definition) is 0. The molecule has 2 aromatic heterocycles. The summed E-state index contributed by atoms with van der Waals surface area (Å²) in [4.78, 5) is 13.9. The zero-order valence-corrected chi connectivity index (χ0v) is 13.9. The number of hydrogen-bond acceptors (Lipinski definition) is 3. The molecule has 0 aliphatic rings. The molecule has 118 valence electrons. The summed E-state index contributed by atoms with van der Waals surface area (Å²) < 4.78 is 1.60. The lowest BCUT2D eigenvalue weighted by Crippen LogP contribution is -2.24. The third kappa shape index (κ3) is 2.76. The Morgan fingerprint density at radius 2 is 1.62 bits per heavy atom. The lowest BCUT2D eigenvalue weighted by atomic mass is 10.1. The predicted molar refractivity (Wildman–Crippen MR) is 99.5 cm³/mol. The Kier molecular flexibility index (Phi) is 3.97. The van der Waals surface area contributed by atoms with Crippen molar-refractivity contribution in [1.29, 1.82) is 0 Å². The van der Waals surface area contributed by atoms with Gasteiger partial charge in [0.05, 0.1) is 10.3 Å². The third-order valence-corrected chi connectivity index (χ3v) is 4.95. The van der Waals surface area contributed by atoms with Crippen molar-refractivity contribution in [2.24, 2.45) is 0 Å². The van der Waals surface area contributed by atoms with Gasteiger partial charge in [-0.15, -0.1) is 11.3 Å². The van der Waals surface area contributed by atoms with Crippen LogP contribution in [0.25, 0.3) is 21.3 Å². The molecule has 0 atom stereocenters. The van der Waals surface area contributed by atoms with E-state index in [1.807, 2.05) is 60.0 Å². The zero-order chi connectivity index (χ0) is 16.4. The molecule has 3 nitrogen and oxygen atoms in total. The van der Waals surface area contributed by atoms with Gasteiger partial charge in [0.25, 0.3) is 5.56 Å². The second-order valence-corrected chi connectivity index (χ2v) is 6.58. The molecule has 0 bridgehead atoms. The van der Waals surface area contributed by atoms with E-state index in [0.717, 1.165) is 27.8 Å². The molecule has 0 radical (unpaired) electrons. The van der Waals surface area contributed by atoms with E-state index >= 15 is 0 Å². The maximum Gasteiger partial charge on any atom is 0.274 e. The average molecular weight is 332 g/mol. The van der Waals surface area contributed by atoms with Gasteiger partial charge in [0, 0.05) is 11.9 Å². The lowest BCUT2D eigenvalue weighted by molar-refractivity contribution is 0.587. The zero-order valence-electron chi connectivity index (χ0n) is 13.1. The van der Waals surface area contributed by atoms with Crippen molar-refractivity contribution in [3.8, 4) is 10.6 Å². The predicted octanol–water partition coefficient (Wildman–Crippen LogP) is 4.37. The van der Waals surface area contributed by atoms with Gasteiger partial charge in [-0.2, -0.15) is 5.10 Å². The summed E-state index contributed by atoms with van der Waals surface area (Å²) in [5, 5.41) is 8.35. The minimum absolute atomic E-state index is 0.0261. The monoisotopic (exact) mass is 332 g/mol. The molecule has 0 aliphatic heterocycles. The van der Waals surface area contributed by atoms with Crippen LogP contribution in [0.3, 0.4) is 0 Å². The Bertz CT molecular complexity index is 1020. The molecule has 0 fully saturated rings. The Balaban J connectivity index is 1.81. The van der Waals surface area contributed by atoms with E-state index in [-0.39, 0.29) is 5.56 Å². The van der Waals surface area contributed by atoms with Crippen molar-refractivity contribution in [3.63, 3.8) is 0 Å². The first-order valence-electron chi connectivity index (χ1n) is 7.90. The highest BCUT2D eigenvalue weighted by Gasteiger charge is 2.12. The number of benzene rings is 2. The lowest BCUT2D eigenvalue weighted by Gasteiger charge is -2.10. The number of aryl methyl sites for hydroxylation is 2. The first kappa shape index (κ1) is 14.8. The maximum absolute atomic E-state index is 12.8. The molecule has 0 unspecified atom stereocenters. The highest BCUT2D eigenvalue weighted by Crippen LogP contribution is 2.28. The number of rotatable bonds is 4. The van der Waals surface area contributed by atoms with Crippen molar-refractivity contribution in [2.45, 2.75) is 13.0 Å². The molecule has 0 saturated heterocycles. The highest BCUT2D eigenvalue weighted by atomic mass is 32.1. The molecular weight excluding hydrogens is 316 g/mol. The maximum atomic E-state index is 12.8. The van der Waals surface area contributed by atoms with Crippen LogP contribution in [0.1, 0.15) is 5.56 Å². The fourth-order valence-corrected chi connectivity index (χ4v) is 3.58. The summed E-state index contributed by atoms with van der Waals surface area (Å²) >= 11 is 1.64. The summed E-state index contributed by atoms with van der Waals surface area (Å²) in [6.07, 6.45) is 0.788. The van der Waals surface area contributed by atoms with E-state index in [9.17, 15) is 4.79 Å². The number of nitrogens with zero attached hydrogens (tertiary/aromatic N) is 2. The topological polar surface area (TPSA) is 34.9 Å². The van der Waals surface area contributed by atoms with Gasteiger partial charge in [0.1, 0.15) is 5.69 Å². The molecule has 4 rings (SSSR count). The number of aromatic nitrogens is 2. The molecule has 2 heterocycles. The van der Waals surface area contributed by atoms with E-state index in [4.69, 9.17) is 0 Å². The Morgan fingerprint density at radius 3 is 2.38 bits per heavy atom. The van der Waals surface area contributed by atoms with Crippen LogP contribution in [0.4, 0.5) is 0 Å². The normalized spacial score (nSPS) is 11.0. The fraction of sp³-hybridized carbons (Fsp3) is 0.100. The van der Waals surface area contributed by atoms with Crippen LogP contribution in [0, 0.1) is 0 Å². The van der Waals surface area contributed by atoms with E-state index in [2.05, 4.69) is 17.2 Å². The van der Waals surface area contributed by atoms with Crippen molar-refractivity contribution >= 4 is 22.1 Å². The molecule has 4 aromatic rings. The number of fused-ring (bicyclic) bond motifs is 1. The highest BCUT2D eigenvalue weighted by molar-refractivity contribution is 7.13. The minimum atomic E-state index is -0.0261. The van der Waals surface area contributed by atoms with Gasteiger partial charge in [-0.25, -0.2) is 4.68 Å². The number of thiophene rings is 1. The van der Waals surface area contributed by atoms with Crippen molar-refractivity contribution in [3.05, 3.63) is 88.0 Å². The SMILES string of the molecule is O=c1c2ccccc2c(-c2cccs2)nn1CCc1ccccc1. The average Bonchev–Trinajstić information content (AvgIpc) is 3.17. The molecule has 0 saturated carbocycles. The van der Waals surface area contributed by atoms with Crippen LogP contribution >= 0.6 is 11.3 Å². The Hall–Kier alpha value is -2.72. The van der Waals surface area contributed by atoms with Crippen LogP contribution in [-0.4, -0.2) is 9.78 Å². The Labute approximate surface area is 143 Å². The quantitative estimate of drug-likeness (QED) is 0.556. The third-order valence-electron chi connectivity index (χ3n) is 4.08. The minimum Gasteiger partial charge on any atom is -0.267 e. The fourth-order valence-electron chi connectivity index (χ4n) is 2.86. The smallest absolute Gasteiger partial charge is 0.267 e. The molecule has 2 aromatic carbocycles. The second-order valence-electron chi connectivity index (χ2n) is 5.64. The standard InChI is InChI=1S/C20H16N2OS/c23-20-17-10-5-4-9-16(17)19(18-11-6-14-24-18)21-22(20)13-12-15-7-2-1-3-8-15/h1-11,14H,12-13H2. The first-order chi connectivity index (χ1) is 11.8. The van der Waals surface area contributed by atoms with Crippen LogP contribution in [0.5, 0.6) is 0 Å². The molecule has 24 heavy (non-hydrogen) atoms. The summed E-state index contributed by atoms with van der Waals surface area (Å²) in [6.45, 7) is 0.575. The van der Waals surface area contributed by atoms with Gasteiger partial charge >= 0.3 is 0 Å². The van der Waals surface area contributed by atoms with Gasteiger partial charge in [-0.1, -0.05) is 54.6 Å². The molecule has 0 spiro atoms.